The molecule has 0 fully saturated rings. The Bertz CT molecular complexity index is 404. The Morgan fingerprint density at radius 2 is 2.00 bits per heavy atom. The van der Waals surface area contributed by atoms with Crippen LogP contribution in [0.4, 0.5) is 8.78 Å². The van der Waals surface area contributed by atoms with Crippen LogP contribution in [0.15, 0.2) is 12.1 Å². The number of hydrogen-bond donors (Lipinski definition) is 0. The van der Waals surface area contributed by atoms with E-state index in [1.807, 2.05) is 6.92 Å². The first-order valence-electron chi connectivity index (χ1n) is 5.16. The van der Waals surface area contributed by atoms with Crippen LogP contribution in [0.3, 0.4) is 0 Å². The molecule has 0 N–H and O–H groups in total. The first-order valence-corrected chi connectivity index (χ1v) is 5.54. The largest absolute Gasteiger partial charge is 0.294 e. The molecule has 1 rings (SSSR count). The molecular formula is C12H13ClF2O. The van der Waals surface area contributed by atoms with Gasteiger partial charge in [-0.05, 0) is 18.6 Å². The smallest absolute Gasteiger partial charge is 0.168 e. The van der Waals surface area contributed by atoms with E-state index < -0.39 is 11.6 Å². The summed E-state index contributed by atoms with van der Waals surface area (Å²) in [7, 11) is 0. The van der Waals surface area contributed by atoms with Crippen LogP contribution in [0.2, 0.25) is 5.02 Å². The summed E-state index contributed by atoms with van der Waals surface area (Å²) < 4.78 is 26.5. The van der Waals surface area contributed by atoms with E-state index in [9.17, 15) is 13.6 Å². The van der Waals surface area contributed by atoms with Gasteiger partial charge in [0.25, 0.3) is 0 Å². The number of carbonyl (C=O) groups excluding carboxylic acids is 1. The molecule has 0 saturated heterocycles. The highest BCUT2D eigenvalue weighted by Gasteiger charge is 2.20. The van der Waals surface area contributed by atoms with Gasteiger partial charge < -0.3 is 0 Å². The highest BCUT2D eigenvalue weighted by atomic mass is 35.5. The lowest BCUT2D eigenvalue weighted by Gasteiger charge is -2.10. The molecule has 1 atom stereocenters. The maximum atomic E-state index is 13.4. The van der Waals surface area contributed by atoms with Crippen molar-refractivity contribution in [2.45, 2.75) is 26.7 Å². The number of halogens is 3. The molecule has 16 heavy (non-hydrogen) atoms. The Labute approximate surface area is 98.4 Å². The summed E-state index contributed by atoms with van der Waals surface area (Å²) in [6, 6.07) is 1.70. The van der Waals surface area contributed by atoms with E-state index in [-0.39, 0.29) is 22.3 Å². The SMILES string of the molecule is CCCC(C)C(=O)c1cc(F)c(Cl)cc1F. The number of rotatable bonds is 4. The lowest BCUT2D eigenvalue weighted by Crippen LogP contribution is -2.13. The third kappa shape index (κ3) is 2.79. The van der Waals surface area contributed by atoms with Crippen LogP contribution in [0, 0.1) is 17.6 Å². The third-order valence-electron chi connectivity index (χ3n) is 2.44. The maximum Gasteiger partial charge on any atom is 0.168 e. The van der Waals surface area contributed by atoms with Gasteiger partial charge in [0.2, 0.25) is 0 Å². The molecule has 0 spiro atoms. The molecule has 88 valence electrons. The summed E-state index contributed by atoms with van der Waals surface area (Å²) in [4.78, 5) is 11.8. The Kier molecular flexibility index (Phi) is 4.42. The average molecular weight is 247 g/mol. The zero-order valence-corrected chi connectivity index (χ0v) is 9.94. The number of benzene rings is 1. The molecule has 0 aliphatic rings. The van der Waals surface area contributed by atoms with Gasteiger partial charge in [-0.15, -0.1) is 0 Å². The molecule has 0 heterocycles. The van der Waals surface area contributed by atoms with E-state index in [1.165, 1.54) is 0 Å². The van der Waals surface area contributed by atoms with Gasteiger partial charge in [0.1, 0.15) is 11.6 Å². The van der Waals surface area contributed by atoms with Crippen molar-refractivity contribution in [2.24, 2.45) is 5.92 Å². The van der Waals surface area contributed by atoms with Gasteiger partial charge >= 0.3 is 0 Å². The van der Waals surface area contributed by atoms with E-state index in [1.54, 1.807) is 6.92 Å². The fraction of sp³-hybridized carbons (Fsp3) is 0.417. The van der Waals surface area contributed by atoms with Crippen molar-refractivity contribution in [3.63, 3.8) is 0 Å². The van der Waals surface area contributed by atoms with Crippen molar-refractivity contribution >= 4 is 17.4 Å². The maximum absolute atomic E-state index is 13.4. The summed E-state index contributed by atoms with van der Waals surface area (Å²) in [5, 5.41) is -0.308. The molecule has 0 aromatic heterocycles. The lowest BCUT2D eigenvalue weighted by atomic mass is 9.95. The molecular weight excluding hydrogens is 234 g/mol. The standard InChI is InChI=1S/C12H13ClF2O/c1-3-4-7(2)12(16)8-5-11(15)9(13)6-10(8)14/h5-7H,3-4H2,1-2H3. The minimum Gasteiger partial charge on any atom is -0.294 e. The Morgan fingerprint density at radius 1 is 1.38 bits per heavy atom. The fourth-order valence-corrected chi connectivity index (χ4v) is 1.69. The highest BCUT2D eigenvalue weighted by Crippen LogP contribution is 2.22. The number of Topliss-reactive ketones (excluding diaryl/α,β-unsaturated/α-hetero) is 1. The first kappa shape index (κ1) is 13.1. The Hall–Kier alpha value is -0.960. The molecule has 0 aliphatic carbocycles. The topological polar surface area (TPSA) is 17.1 Å². The van der Waals surface area contributed by atoms with E-state index in [4.69, 9.17) is 11.6 Å². The third-order valence-corrected chi connectivity index (χ3v) is 2.73. The fourth-order valence-electron chi connectivity index (χ4n) is 1.54. The Morgan fingerprint density at radius 3 is 2.56 bits per heavy atom. The Balaban J connectivity index is 3.04. The van der Waals surface area contributed by atoms with Crippen LogP contribution in [0.5, 0.6) is 0 Å². The lowest BCUT2D eigenvalue weighted by molar-refractivity contribution is 0.0919. The molecule has 0 amide bonds. The van der Waals surface area contributed by atoms with Gasteiger partial charge in [0.15, 0.2) is 5.78 Å². The molecule has 4 heteroatoms. The summed E-state index contributed by atoms with van der Waals surface area (Å²) in [6.45, 7) is 3.64. The number of ketones is 1. The van der Waals surface area contributed by atoms with Crippen molar-refractivity contribution in [3.05, 3.63) is 34.4 Å². The minimum atomic E-state index is -0.768. The van der Waals surface area contributed by atoms with Crippen LogP contribution in [-0.2, 0) is 0 Å². The molecule has 1 aromatic carbocycles. The van der Waals surface area contributed by atoms with Crippen LogP contribution >= 0.6 is 11.6 Å². The molecule has 1 nitrogen and oxygen atoms in total. The van der Waals surface area contributed by atoms with Gasteiger partial charge in [0, 0.05) is 5.92 Å². The van der Waals surface area contributed by atoms with Crippen LogP contribution < -0.4 is 0 Å². The quantitative estimate of drug-likeness (QED) is 0.574. The number of hydrogen-bond acceptors (Lipinski definition) is 1. The second-order valence-electron chi connectivity index (χ2n) is 3.80. The highest BCUT2D eigenvalue weighted by molar-refractivity contribution is 6.30. The van der Waals surface area contributed by atoms with Crippen molar-refractivity contribution < 1.29 is 13.6 Å². The molecule has 0 radical (unpaired) electrons. The molecule has 1 unspecified atom stereocenters. The van der Waals surface area contributed by atoms with Gasteiger partial charge in [-0.2, -0.15) is 0 Å². The van der Waals surface area contributed by atoms with E-state index in [0.717, 1.165) is 18.6 Å². The zero-order valence-electron chi connectivity index (χ0n) is 9.19. The van der Waals surface area contributed by atoms with Crippen molar-refractivity contribution in [3.8, 4) is 0 Å². The summed E-state index contributed by atoms with van der Waals surface area (Å²) in [6.07, 6.45) is 1.48. The predicted molar refractivity (Wildman–Crippen MR) is 59.8 cm³/mol. The zero-order chi connectivity index (χ0) is 12.3. The minimum absolute atomic E-state index is 0.220. The van der Waals surface area contributed by atoms with Crippen LogP contribution in [0.25, 0.3) is 0 Å². The van der Waals surface area contributed by atoms with Gasteiger partial charge in [-0.1, -0.05) is 31.9 Å². The normalized spacial score (nSPS) is 12.6. The predicted octanol–water partition coefficient (Wildman–Crippen LogP) is 4.24. The average Bonchev–Trinajstić information content (AvgIpc) is 2.23. The van der Waals surface area contributed by atoms with Gasteiger partial charge in [-0.25, -0.2) is 8.78 Å². The molecule has 0 aliphatic heterocycles. The molecule has 0 bridgehead atoms. The molecule has 1 aromatic rings. The second kappa shape index (κ2) is 5.39. The summed E-state index contributed by atoms with van der Waals surface area (Å²) >= 11 is 5.41. The summed E-state index contributed by atoms with van der Waals surface area (Å²) in [5.74, 6) is -2.22. The van der Waals surface area contributed by atoms with Crippen LogP contribution in [-0.4, -0.2) is 5.78 Å². The molecule has 0 saturated carbocycles. The van der Waals surface area contributed by atoms with Crippen molar-refractivity contribution in [1.29, 1.82) is 0 Å². The first-order chi connectivity index (χ1) is 7.47. The van der Waals surface area contributed by atoms with Crippen molar-refractivity contribution in [2.75, 3.05) is 0 Å². The van der Waals surface area contributed by atoms with Crippen molar-refractivity contribution in [1.82, 2.24) is 0 Å². The van der Waals surface area contributed by atoms with E-state index in [2.05, 4.69) is 0 Å². The van der Waals surface area contributed by atoms with E-state index in [0.29, 0.717) is 6.42 Å². The number of carbonyl (C=O) groups is 1. The second-order valence-corrected chi connectivity index (χ2v) is 4.21. The van der Waals surface area contributed by atoms with Gasteiger partial charge in [-0.3, -0.25) is 4.79 Å². The van der Waals surface area contributed by atoms with Gasteiger partial charge in [0.05, 0.1) is 10.6 Å². The van der Waals surface area contributed by atoms with Crippen LogP contribution in [0.1, 0.15) is 37.0 Å². The monoisotopic (exact) mass is 246 g/mol. The van der Waals surface area contributed by atoms with E-state index >= 15 is 0 Å². The summed E-state index contributed by atoms with van der Waals surface area (Å²) in [5.41, 5.74) is -0.220.